The third-order valence-corrected chi connectivity index (χ3v) is 2.11. The number of hydrogen-bond acceptors (Lipinski definition) is 3. The molecule has 0 fully saturated rings. The smallest absolute Gasteiger partial charge is 0.320 e. The van der Waals surface area contributed by atoms with Gasteiger partial charge in [0.15, 0.2) is 0 Å². The molecule has 0 radical (unpaired) electrons. The first-order valence-corrected chi connectivity index (χ1v) is 5.08. The number of nitrogens with two attached hydrogens (primary N) is 1. The molecule has 0 aliphatic rings. The molecule has 4 nitrogen and oxygen atoms in total. The van der Waals surface area contributed by atoms with Gasteiger partial charge in [-0.25, -0.2) is 0 Å². The Morgan fingerprint density at radius 3 is 2.43 bits per heavy atom. The van der Waals surface area contributed by atoms with E-state index < -0.39 is 12.0 Å². The SMILES string of the molecule is CCCCCC(=O)CC[C@@H](N)C(=O)O. The van der Waals surface area contributed by atoms with Gasteiger partial charge in [-0.2, -0.15) is 0 Å². The quantitative estimate of drug-likeness (QED) is 0.580. The molecular weight excluding hydrogens is 182 g/mol. The summed E-state index contributed by atoms with van der Waals surface area (Å²) in [6.45, 7) is 2.07. The maximum atomic E-state index is 11.2. The molecule has 14 heavy (non-hydrogen) atoms. The summed E-state index contributed by atoms with van der Waals surface area (Å²) in [6, 6.07) is -0.898. The standard InChI is InChI=1S/C10H19NO3/c1-2-3-4-5-8(12)6-7-9(11)10(13)14/h9H,2-7,11H2,1H3,(H,13,14)/t9-/m1/s1. The van der Waals surface area contributed by atoms with Gasteiger partial charge < -0.3 is 10.8 Å². The molecule has 0 spiro atoms. The Hall–Kier alpha value is -0.900. The maximum absolute atomic E-state index is 11.2. The fourth-order valence-electron chi connectivity index (χ4n) is 1.14. The molecule has 0 unspecified atom stereocenters. The summed E-state index contributed by atoms with van der Waals surface area (Å²) in [5.41, 5.74) is 5.27. The highest BCUT2D eigenvalue weighted by Gasteiger charge is 2.12. The van der Waals surface area contributed by atoms with Gasteiger partial charge in [0.05, 0.1) is 0 Å². The van der Waals surface area contributed by atoms with Crippen molar-refractivity contribution in [1.82, 2.24) is 0 Å². The number of ketones is 1. The van der Waals surface area contributed by atoms with Gasteiger partial charge in [-0.15, -0.1) is 0 Å². The Morgan fingerprint density at radius 1 is 1.29 bits per heavy atom. The molecule has 0 amide bonds. The Labute approximate surface area is 84.5 Å². The topological polar surface area (TPSA) is 80.4 Å². The van der Waals surface area contributed by atoms with Gasteiger partial charge in [0.25, 0.3) is 0 Å². The van der Waals surface area contributed by atoms with Gasteiger partial charge >= 0.3 is 5.97 Å². The second kappa shape index (κ2) is 7.50. The molecule has 0 aromatic heterocycles. The van der Waals surface area contributed by atoms with Gasteiger partial charge in [0.2, 0.25) is 0 Å². The van der Waals surface area contributed by atoms with Crippen LogP contribution in [0.1, 0.15) is 45.4 Å². The number of rotatable bonds is 8. The zero-order chi connectivity index (χ0) is 11.0. The lowest BCUT2D eigenvalue weighted by Gasteiger charge is -2.04. The van der Waals surface area contributed by atoms with Crippen molar-refractivity contribution in [3.8, 4) is 0 Å². The molecule has 1 atom stereocenters. The van der Waals surface area contributed by atoms with E-state index in [0.29, 0.717) is 6.42 Å². The lowest BCUT2D eigenvalue weighted by atomic mass is 10.1. The van der Waals surface area contributed by atoms with Crippen LogP contribution < -0.4 is 5.73 Å². The molecule has 82 valence electrons. The minimum absolute atomic E-state index is 0.121. The molecule has 4 heteroatoms. The average molecular weight is 201 g/mol. The zero-order valence-electron chi connectivity index (χ0n) is 8.66. The van der Waals surface area contributed by atoms with Crippen LogP contribution in [-0.4, -0.2) is 22.9 Å². The first-order chi connectivity index (χ1) is 6.57. The van der Waals surface area contributed by atoms with Crippen LogP contribution >= 0.6 is 0 Å². The highest BCUT2D eigenvalue weighted by molar-refractivity contribution is 5.80. The number of carboxylic acid groups (broad SMARTS) is 1. The van der Waals surface area contributed by atoms with Crippen molar-refractivity contribution in [3.63, 3.8) is 0 Å². The van der Waals surface area contributed by atoms with E-state index in [1.807, 2.05) is 0 Å². The number of aliphatic carboxylic acids is 1. The Bertz CT molecular complexity index is 192. The fraction of sp³-hybridized carbons (Fsp3) is 0.800. The van der Waals surface area contributed by atoms with Crippen LogP contribution in [-0.2, 0) is 9.59 Å². The molecule has 0 saturated heterocycles. The van der Waals surface area contributed by atoms with Gasteiger partial charge in [-0.05, 0) is 12.8 Å². The van der Waals surface area contributed by atoms with Crippen LogP contribution in [0.2, 0.25) is 0 Å². The Balaban J connectivity index is 3.48. The van der Waals surface area contributed by atoms with Crippen LogP contribution in [0.25, 0.3) is 0 Å². The predicted octanol–water partition coefficient (Wildman–Crippen LogP) is 1.33. The molecule has 0 aliphatic carbocycles. The van der Waals surface area contributed by atoms with Gasteiger partial charge in [0.1, 0.15) is 11.8 Å². The molecule has 0 aromatic carbocycles. The number of carbonyl (C=O) groups excluding carboxylic acids is 1. The van der Waals surface area contributed by atoms with Gasteiger partial charge in [-0.1, -0.05) is 19.8 Å². The van der Waals surface area contributed by atoms with Crippen molar-refractivity contribution >= 4 is 11.8 Å². The van der Waals surface area contributed by atoms with Gasteiger partial charge in [0, 0.05) is 12.8 Å². The number of carbonyl (C=O) groups is 2. The summed E-state index contributed by atoms with van der Waals surface area (Å²) in [7, 11) is 0. The molecule has 0 aromatic rings. The Morgan fingerprint density at radius 2 is 1.93 bits per heavy atom. The van der Waals surface area contributed by atoms with E-state index in [1.165, 1.54) is 0 Å². The summed E-state index contributed by atoms with van der Waals surface area (Å²) in [5.74, 6) is -0.915. The predicted molar refractivity (Wildman–Crippen MR) is 54.0 cm³/mol. The summed E-state index contributed by atoms with van der Waals surface area (Å²) < 4.78 is 0. The van der Waals surface area contributed by atoms with E-state index in [4.69, 9.17) is 10.8 Å². The highest BCUT2D eigenvalue weighted by atomic mass is 16.4. The van der Waals surface area contributed by atoms with E-state index in [-0.39, 0.29) is 18.6 Å². The van der Waals surface area contributed by atoms with Crippen LogP contribution in [0, 0.1) is 0 Å². The number of unbranched alkanes of at least 4 members (excludes halogenated alkanes) is 2. The summed E-state index contributed by atoms with van der Waals surface area (Å²) in [5, 5.41) is 8.47. The summed E-state index contributed by atoms with van der Waals surface area (Å²) >= 11 is 0. The number of Topliss-reactive ketones (excluding diaryl/α,β-unsaturated/α-hetero) is 1. The second-order valence-electron chi connectivity index (χ2n) is 3.48. The third-order valence-electron chi connectivity index (χ3n) is 2.11. The van der Waals surface area contributed by atoms with Crippen molar-refractivity contribution in [2.75, 3.05) is 0 Å². The molecule has 0 rings (SSSR count). The van der Waals surface area contributed by atoms with E-state index >= 15 is 0 Å². The molecular formula is C10H19NO3. The summed E-state index contributed by atoms with van der Waals surface area (Å²) in [4.78, 5) is 21.5. The van der Waals surface area contributed by atoms with Crippen LogP contribution in [0.15, 0.2) is 0 Å². The van der Waals surface area contributed by atoms with Crippen molar-refractivity contribution in [3.05, 3.63) is 0 Å². The van der Waals surface area contributed by atoms with E-state index in [1.54, 1.807) is 0 Å². The Kier molecular flexibility index (Phi) is 7.02. The van der Waals surface area contributed by atoms with E-state index in [2.05, 4.69) is 6.92 Å². The highest BCUT2D eigenvalue weighted by Crippen LogP contribution is 2.04. The second-order valence-corrected chi connectivity index (χ2v) is 3.48. The monoisotopic (exact) mass is 201 g/mol. The van der Waals surface area contributed by atoms with Gasteiger partial charge in [-0.3, -0.25) is 9.59 Å². The number of carboxylic acids is 1. The van der Waals surface area contributed by atoms with E-state index in [9.17, 15) is 9.59 Å². The van der Waals surface area contributed by atoms with Crippen LogP contribution in [0.4, 0.5) is 0 Å². The van der Waals surface area contributed by atoms with Crippen molar-refractivity contribution in [2.45, 2.75) is 51.5 Å². The number of hydrogen-bond donors (Lipinski definition) is 2. The first-order valence-electron chi connectivity index (χ1n) is 5.08. The van der Waals surface area contributed by atoms with E-state index in [0.717, 1.165) is 19.3 Å². The molecule has 0 heterocycles. The molecule has 3 N–H and O–H groups in total. The van der Waals surface area contributed by atoms with Crippen molar-refractivity contribution in [2.24, 2.45) is 5.73 Å². The van der Waals surface area contributed by atoms with Crippen molar-refractivity contribution in [1.29, 1.82) is 0 Å². The fourth-order valence-corrected chi connectivity index (χ4v) is 1.14. The lowest BCUT2D eigenvalue weighted by molar-refractivity contribution is -0.138. The van der Waals surface area contributed by atoms with Crippen LogP contribution in [0.5, 0.6) is 0 Å². The lowest BCUT2D eigenvalue weighted by Crippen LogP contribution is -2.30. The average Bonchev–Trinajstić information content (AvgIpc) is 2.14. The normalized spacial score (nSPS) is 12.4. The minimum atomic E-state index is -1.04. The largest absolute Gasteiger partial charge is 0.480 e. The molecule has 0 saturated carbocycles. The summed E-state index contributed by atoms with van der Waals surface area (Å²) in [6.07, 6.45) is 4.13. The minimum Gasteiger partial charge on any atom is -0.480 e. The molecule has 0 bridgehead atoms. The third kappa shape index (κ3) is 6.60. The van der Waals surface area contributed by atoms with Crippen molar-refractivity contribution < 1.29 is 14.7 Å². The maximum Gasteiger partial charge on any atom is 0.320 e. The van der Waals surface area contributed by atoms with Crippen LogP contribution in [0.3, 0.4) is 0 Å². The molecule has 0 aliphatic heterocycles. The zero-order valence-corrected chi connectivity index (χ0v) is 8.66. The first kappa shape index (κ1) is 13.1.